The summed E-state index contributed by atoms with van der Waals surface area (Å²) in [7, 11) is -2.94. The molecule has 1 aliphatic heterocycles. The summed E-state index contributed by atoms with van der Waals surface area (Å²) in [6, 6.07) is 3.88. The van der Waals surface area contributed by atoms with E-state index >= 15 is 0 Å². The molecule has 0 unspecified atom stereocenters. The molecular formula is C16H23ClN2O2S2. The molecule has 23 heavy (non-hydrogen) atoms. The Morgan fingerprint density at radius 3 is 2.65 bits per heavy atom. The van der Waals surface area contributed by atoms with E-state index < -0.39 is 9.84 Å². The van der Waals surface area contributed by atoms with Gasteiger partial charge >= 0.3 is 0 Å². The predicted molar refractivity (Wildman–Crippen MR) is 101 cm³/mol. The molecule has 0 aliphatic carbocycles. The van der Waals surface area contributed by atoms with Crippen LogP contribution in [0.2, 0.25) is 5.02 Å². The van der Waals surface area contributed by atoms with Gasteiger partial charge in [-0.3, -0.25) is 0 Å². The highest BCUT2D eigenvalue weighted by Crippen LogP contribution is 2.28. The van der Waals surface area contributed by atoms with Crippen LogP contribution in [0.3, 0.4) is 0 Å². The number of sulfone groups is 1. The Balaban J connectivity index is 2.19. The number of anilines is 1. The first-order valence-electron chi connectivity index (χ1n) is 7.78. The number of nitrogens with zero attached hydrogens (tertiary/aromatic N) is 1. The summed E-state index contributed by atoms with van der Waals surface area (Å²) in [4.78, 5) is 2.00. The molecular weight excluding hydrogens is 352 g/mol. The minimum atomic E-state index is -2.94. The van der Waals surface area contributed by atoms with Crippen molar-refractivity contribution in [3.05, 3.63) is 28.3 Å². The van der Waals surface area contributed by atoms with E-state index in [9.17, 15) is 8.42 Å². The van der Waals surface area contributed by atoms with Gasteiger partial charge in [0.2, 0.25) is 0 Å². The zero-order valence-corrected chi connectivity index (χ0v) is 16.1. The van der Waals surface area contributed by atoms with Crippen molar-refractivity contribution in [3.63, 3.8) is 0 Å². The van der Waals surface area contributed by atoms with E-state index in [0.29, 0.717) is 16.6 Å². The van der Waals surface area contributed by atoms with Crippen LogP contribution in [0.5, 0.6) is 0 Å². The predicted octanol–water partition coefficient (Wildman–Crippen LogP) is 3.55. The van der Waals surface area contributed by atoms with Gasteiger partial charge < -0.3 is 10.2 Å². The molecule has 1 aliphatic rings. The second-order valence-electron chi connectivity index (χ2n) is 6.12. The Morgan fingerprint density at radius 1 is 1.43 bits per heavy atom. The van der Waals surface area contributed by atoms with Gasteiger partial charge in [0.05, 0.1) is 22.2 Å². The van der Waals surface area contributed by atoms with E-state index in [1.807, 2.05) is 30.9 Å². The van der Waals surface area contributed by atoms with Crippen molar-refractivity contribution < 1.29 is 8.42 Å². The highest BCUT2D eigenvalue weighted by atomic mass is 35.5. The molecule has 0 amide bonds. The molecule has 1 heterocycles. The molecule has 1 atom stereocenters. The second kappa shape index (κ2) is 7.36. The van der Waals surface area contributed by atoms with E-state index in [1.54, 1.807) is 0 Å². The highest BCUT2D eigenvalue weighted by Gasteiger charge is 2.33. The smallest absolute Gasteiger partial charge is 0.173 e. The molecule has 1 aromatic rings. The Labute approximate surface area is 149 Å². The van der Waals surface area contributed by atoms with Crippen molar-refractivity contribution in [2.45, 2.75) is 39.7 Å². The largest absolute Gasteiger partial charge is 0.345 e. The van der Waals surface area contributed by atoms with Crippen molar-refractivity contribution in [3.8, 4) is 0 Å². The maximum Gasteiger partial charge on any atom is 0.173 e. The first kappa shape index (κ1) is 18.5. The molecule has 4 nitrogen and oxygen atoms in total. The Bertz CT molecular complexity index is 681. The van der Waals surface area contributed by atoms with Crippen LogP contribution in [0.25, 0.3) is 0 Å². The molecule has 0 bridgehead atoms. The molecule has 128 valence electrons. The van der Waals surface area contributed by atoms with Gasteiger partial charge in [-0.25, -0.2) is 8.42 Å². The fraction of sp³-hybridized carbons (Fsp3) is 0.562. The normalized spacial score (nSPS) is 19.6. The third-order valence-electron chi connectivity index (χ3n) is 4.04. The molecule has 0 spiro atoms. The maximum atomic E-state index is 11.8. The summed E-state index contributed by atoms with van der Waals surface area (Å²) in [5.74, 6) is 0.417. The lowest BCUT2D eigenvalue weighted by Crippen LogP contribution is -2.44. The quantitative estimate of drug-likeness (QED) is 0.816. The van der Waals surface area contributed by atoms with Crippen LogP contribution < -0.4 is 5.32 Å². The lowest BCUT2D eigenvalue weighted by Gasteiger charge is -2.31. The van der Waals surface area contributed by atoms with Crippen LogP contribution >= 0.6 is 23.8 Å². The van der Waals surface area contributed by atoms with Gasteiger partial charge in [-0.15, -0.1) is 0 Å². The Morgan fingerprint density at radius 2 is 2.13 bits per heavy atom. The Hall–Kier alpha value is -0.850. The van der Waals surface area contributed by atoms with Crippen molar-refractivity contribution in [1.29, 1.82) is 0 Å². The minimum Gasteiger partial charge on any atom is -0.345 e. The number of hydrogen-bond donors (Lipinski definition) is 1. The van der Waals surface area contributed by atoms with Crippen molar-refractivity contribution in [2.24, 2.45) is 0 Å². The van der Waals surface area contributed by atoms with E-state index in [4.69, 9.17) is 23.8 Å². The van der Waals surface area contributed by atoms with E-state index in [-0.39, 0.29) is 17.5 Å². The monoisotopic (exact) mass is 374 g/mol. The van der Waals surface area contributed by atoms with Gasteiger partial charge in [0, 0.05) is 12.6 Å². The van der Waals surface area contributed by atoms with Crippen LogP contribution in [-0.4, -0.2) is 42.5 Å². The Kier molecular flexibility index (Phi) is 5.92. The third kappa shape index (κ3) is 4.58. The summed E-state index contributed by atoms with van der Waals surface area (Å²) >= 11 is 11.9. The first-order chi connectivity index (χ1) is 10.7. The van der Waals surface area contributed by atoms with E-state index in [0.717, 1.165) is 29.8 Å². The van der Waals surface area contributed by atoms with Gasteiger partial charge in [0.15, 0.2) is 14.9 Å². The van der Waals surface area contributed by atoms with Crippen LogP contribution in [-0.2, 0) is 9.84 Å². The van der Waals surface area contributed by atoms with E-state index in [2.05, 4.69) is 12.2 Å². The molecule has 0 aromatic heterocycles. The summed E-state index contributed by atoms with van der Waals surface area (Å²) in [6.07, 6.45) is 1.53. The number of nitrogens with one attached hydrogen (secondary N) is 1. The van der Waals surface area contributed by atoms with Crippen molar-refractivity contribution in [1.82, 2.24) is 4.90 Å². The summed E-state index contributed by atoms with van der Waals surface area (Å²) in [6.45, 7) is 6.76. The number of thiocarbonyl (C=S) groups is 1. The molecule has 0 saturated carbocycles. The summed E-state index contributed by atoms with van der Waals surface area (Å²) < 4.78 is 23.5. The van der Waals surface area contributed by atoms with Gasteiger partial charge in [0.1, 0.15) is 0 Å². The topological polar surface area (TPSA) is 49.4 Å². The molecule has 1 saturated heterocycles. The number of hydrogen-bond acceptors (Lipinski definition) is 3. The SMILES string of the molecule is CCCN(C(=S)Nc1c(C)cc(C)cc1Cl)[C@H]1CCS(=O)(=O)C1. The van der Waals surface area contributed by atoms with Gasteiger partial charge in [-0.2, -0.15) is 0 Å². The van der Waals surface area contributed by atoms with E-state index in [1.165, 1.54) is 0 Å². The average Bonchev–Trinajstić information content (AvgIpc) is 2.79. The van der Waals surface area contributed by atoms with Gasteiger partial charge in [0.25, 0.3) is 0 Å². The molecule has 1 aromatic carbocycles. The highest BCUT2D eigenvalue weighted by molar-refractivity contribution is 7.91. The average molecular weight is 375 g/mol. The number of aryl methyl sites for hydroxylation is 2. The number of benzene rings is 1. The summed E-state index contributed by atoms with van der Waals surface area (Å²) in [5, 5.41) is 4.40. The first-order valence-corrected chi connectivity index (χ1v) is 10.4. The van der Waals surface area contributed by atoms with Gasteiger partial charge in [-0.05, 0) is 56.1 Å². The number of rotatable bonds is 4. The standard InChI is InChI=1S/C16H23ClN2O2S2/c1-4-6-19(13-5-7-23(20,21)10-13)16(22)18-15-12(3)8-11(2)9-14(15)17/h8-9,13H,4-7,10H2,1-3H3,(H,18,22)/t13-/m0/s1. The zero-order valence-electron chi connectivity index (χ0n) is 13.7. The second-order valence-corrected chi connectivity index (χ2v) is 9.14. The third-order valence-corrected chi connectivity index (χ3v) is 6.42. The van der Waals surface area contributed by atoms with Crippen LogP contribution in [0.15, 0.2) is 12.1 Å². The molecule has 1 N–H and O–H groups in total. The van der Waals surface area contributed by atoms with Crippen LogP contribution in [0, 0.1) is 13.8 Å². The molecule has 0 radical (unpaired) electrons. The van der Waals surface area contributed by atoms with Gasteiger partial charge in [-0.1, -0.05) is 24.6 Å². The van der Waals surface area contributed by atoms with Crippen LogP contribution in [0.1, 0.15) is 30.9 Å². The zero-order chi connectivity index (χ0) is 17.2. The molecule has 2 rings (SSSR count). The van der Waals surface area contributed by atoms with Crippen LogP contribution in [0.4, 0.5) is 5.69 Å². The molecule has 7 heteroatoms. The fourth-order valence-corrected chi connectivity index (χ4v) is 5.41. The minimum absolute atomic E-state index is 0.0514. The van der Waals surface area contributed by atoms with Crippen molar-refractivity contribution in [2.75, 3.05) is 23.4 Å². The number of halogens is 1. The van der Waals surface area contributed by atoms with Crippen molar-refractivity contribution >= 4 is 44.5 Å². The fourth-order valence-electron chi connectivity index (χ4n) is 2.96. The maximum absolute atomic E-state index is 11.8. The summed E-state index contributed by atoms with van der Waals surface area (Å²) in [5.41, 5.74) is 2.91. The lowest BCUT2D eigenvalue weighted by atomic mass is 10.1. The molecule has 1 fully saturated rings. The lowest BCUT2D eigenvalue weighted by molar-refractivity contribution is 0.339.